The lowest BCUT2D eigenvalue weighted by molar-refractivity contribution is 0.192. The van der Waals surface area contributed by atoms with Gasteiger partial charge < -0.3 is 15.4 Å². The number of rotatable bonds is 6. The monoisotopic (exact) mass is 241 g/mol. The maximum absolute atomic E-state index is 6.00. The third-order valence-electron chi connectivity index (χ3n) is 3.26. The summed E-state index contributed by atoms with van der Waals surface area (Å²) in [4.78, 5) is 6.68. The number of hydrogen-bond acceptors (Lipinski definition) is 2. The molecule has 0 aromatic heterocycles. The molecule has 0 bridgehead atoms. The van der Waals surface area contributed by atoms with Crippen LogP contribution in [0.3, 0.4) is 0 Å². The summed E-state index contributed by atoms with van der Waals surface area (Å²) < 4.78 is 5.01. The fourth-order valence-electron chi connectivity index (χ4n) is 2.23. The van der Waals surface area contributed by atoms with E-state index < -0.39 is 0 Å². The van der Waals surface area contributed by atoms with Crippen molar-refractivity contribution in [2.45, 2.75) is 39.0 Å². The molecule has 100 valence electrons. The van der Waals surface area contributed by atoms with Gasteiger partial charge in [0.2, 0.25) is 0 Å². The van der Waals surface area contributed by atoms with Gasteiger partial charge in [-0.2, -0.15) is 0 Å². The number of nitrogens with zero attached hydrogens (tertiary/aromatic N) is 2. The number of methoxy groups -OCH3 is 1. The number of hydrogen-bond donors (Lipinski definition) is 1. The highest BCUT2D eigenvalue weighted by atomic mass is 16.5. The Morgan fingerprint density at radius 1 is 1.41 bits per heavy atom. The van der Waals surface area contributed by atoms with Crippen molar-refractivity contribution in [3.8, 4) is 0 Å². The number of piperidine rings is 1. The van der Waals surface area contributed by atoms with E-state index in [9.17, 15) is 0 Å². The highest BCUT2D eigenvalue weighted by Gasteiger charge is 2.17. The van der Waals surface area contributed by atoms with Crippen LogP contribution in [0.25, 0.3) is 0 Å². The molecule has 2 N–H and O–H groups in total. The summed E-state index contributed by atoms with van der Waals surface area (Å²) in [6, 6.07) is 0. The lowest BCUT2D eigenvalue weighted by Gasteiger charge is -2.31. The van der Waals surface area contributed by atoms with E-state index in [1.54, 1.807) is 7.11 Å². The second-order valence-electron chi connectivity index (χ2n) is 4.99. The molecule has 0 saturated carbocycles. The van der Waals surface area contributed by atoms with Gasteiger partial charge in [0.05, 0.1) is 0 Å². The van der Waals surface area contributed by atoms with E-state index in [2.05, 4.69) is 16.8 Å². The van der Waals surface area contributed by atoms with Crippen LogP contribution in [0.4, 0.5) is 0 Å². The summed E-state index contributed by atoms with van der Waals surface area (Å²) in [5.41, 5.74) is 6.00. The van der Waals surface area contributed by atoms with Crippen LogP contribution in [0.5, 0.6) is 0 Å². The second-order valence-corrected chi connectivity index (χ2v) is 4.99. The molecule has 0 radical (unpaired) electrons. The third kappa shape index (κ3) is 5.91. The van der Waals surface area contributed by atoms with Crippen LogP contribution in [-0.2, 0) is 4.74 Å². The topological polar surface area (TPSA) is 50.9 Å². The zero-order chi connectivity index (χ0) is 12.5. The zero-order valence-electron chi connectivity index (χ0n) is 11.3. The first kappa shape index (κ1) is 14.3. The van der Waals surface area contributed by atoms with Crippen molar-refractivity contribution in [2.75, 3.05) is 33.4 Å². The highest BCUT2D eigenvalue weighted by molar-refractivity contribution is 5.78. The Labute approximate surface area is 105 Å². The van der Waals surface area contributed by atoms with Gasteiger partial charge in [-0.05, 0) is 38.0 Å². The molecular formula is C13H27N3O. The molecule has 1 atom stereocenters. The standard InChI is InChI=1S/C13H27N3O/c1-12-7-6-9-16(11-12)13(14)15-8-4-3-5-10-17-2/h12H,3-11H2,1-2H3,(H2,14,15). The number of ether oxygens (including phenoxy) is 1. The molecule has 17 heavy (non-hydrogen) atoms. The van der Waals surface area contributed by atoms with E-state index in [1.807, 2.05) is 0 Å². The first-order chi connectivity index (χ1) is 8.24. The van der Waals surface area contributed by atoms with Crippen molar-refractivity contribution in [1.29, 1.82) is 0 Å². The van der Waals surface area contributed by atoms with Crippen molar-refractivity contribution < 1.29 is 4.74 Å². The van der Waals surface area contributed by atoms with Gasteiger partial charge >= 0.3 is 0 Å². The predicted molar refractivity (Wildman–Crippen MR) is 72.2 cm³/mol. The van der Waals surface area contributed by atoms with E-state index in [-0.39, 0.29) is 0 Å². The van der Waals surface area contributed by atoms with Crippen molar-refractivity contribution >= 4 is 5.96 Å². The number of guanidine groups is 1. The molecular weight excluding hydrogens is 214 g/mol. The van der Waals surface area contributed by atoms with Gasteiger partial charge in [-0.3, -0.25) is 4.99 Å². The Morgan fingerprint density at radius 2 is 2.24 bits per heavy atom. The van der Waals surface area contributed by atoms with Crippen molar-refractivity contribution in [1.82, 2.24) is 4.90 Å². The largest absolute Gasteiger partial charge is 0.385 e. The van der Waals surface area contributed by atoms with E-state index in [0.717, 1.165) is 51.0 Å². The highest BCUT2D eigenvalue weighted by Crippen LogP contribution is 2.14. The van der Waals surface area contributed by atoms with Gasteiger partial charge in [0.1, 0.15) is 0 Å². The van der Waals surface area contributed by atoms with Crippen LogP contribution in [0.2, 0.25) is 0 Å². The van der Waals surface area contributed by atoms with Crippen LogP contribution in [-0.4, -0.2) is 44.2 Å². The number of likely N-dealkylation sites (tertiary alicyclic amines) is 1. The summed E-state index contributed by atoms with van der Waals surface area (Å²) in [6.45, 7) is 6.12. The summed E-state index contributed by atoms with van der Waals surface area (Å²) in [5, 5.41) is 0. The maximum Gasteiger partial charge on any atom is 0.191 e. The molecule has 1 aliphatic heterocycles. The Morgan fingerprint density at radius 3 is 2.94 bits per heavy atom. The van der Waals surface area contributed by atoms with Gasteiger partial charge in [0.15, 0.2) is 5.96 Å². The van der Waals surface area contributed by atoms with Gasteiger partial charge in [-0.25, -0.2) is 0 Å². The van der Waals surface area contributed by atoms with Crippen LogP contribution >= 0.6 is 0 Å². The smallest absolute Gasteiger partial charge is 0.191 e. The molecule has 1 saturated heterocycles. The molecule has 0 amide bonds. The molecule has 1 fully saturated rings. The minimum absolute atomic E-state index is 0.739. The number of aliphatic imine (C=N–C) groups is 1. The SMILES string of the molecule is COCCCCCN=C(N)N1CCCC(C)C1. The van der Waals surface area contributed by atoms with Gasteiger partial charge in [0.25, 0.3) is 0 Å². The van der Waals surface area contributed by atoms with Gasteiger partial charge in [-0.1, -0.05) is 6.92 Å². The Hall–Kier alpha value is -0.770. The van der Waals surface area contributed by atoms with Crippen LogP contribution in [0.15, 0.2) is 4.99 Å². The molecule has 1 aliphatic rings. The fourth-order valence-corrected chi connectivity index (χ4v) is 2.23. The van der Waals surface area contributed by atoms with Gasteiger partial charge in [-0.15, -0.1) is 0 Å². The average Bonchev–Trinajstić information content (AvgIpc) is 2.33. The Bertz CT molecular complexity index is 231. The number of nitrogens with two attached hydrogens (primary N) is 1. The summed E-state index contributed by atoms with van der Waals surface area (Å²) >= 11 is 0. The molecule has 0 aliphatic carbocycles. The summed E-state index contributed by atoms with van der Waals surface area (Å²) in [5.74, 6) is 1.49. The molecule has 1 unspecified atom stereocenters. The molecule has 0 aromatic carbocycles. The third-order valence-corrected chi connectivity index (χ3v) is 3.26. The lowest BCUT2D eigenvalue weighted by Crippen LogP contribution is -2.43. The Kier molecular flexibility index (Phi) is 7.01. The quantitative estimate of drug-likeness (QED) is 0.438. The van der Waals surface area contributed by atoms with Gasteiger partial charge in [0, 0.05) is 33.4 Å². The summed E-state index contributed by atoms with van der Waals surface area (Å²) in [6.07, 6.45) is 5.95. The maximum atomic E-state index is 6.00. The minimum atomic E-state index is 0.739. The first-order valence-electron chi connectivity index (χ1n) is 6.78. The molecule has 0 spiro atoms. The van der Waals surface area contributed by atoms with Crippen molar-refractivity contribution in [2.24, 2.45) is 16.6 Å². The Balaban J connectivity index is 2.15. The molecule has 1 rings (SSSR count). The zero-order valence-corrected chi connectivity index (χ0v) is 11.3. The normalized spacial score (nSPS) is 21.9. The molecule has 0 aromatic rings. The van der Waals surface area contributed by atoms with E-state index in [0.29, 0.717) is 0 Å². The first-order valence-corrected chi connectivity index (χ1v) is 6.78. The molecule has 1 heterocycles. The number of unbranched alkanes of at least 4 members (excludes halogenated alkanes) is 2. The second kappa shape index (κ2) is 8.34. The van der Waals surface area contributed by atoms with Crippen LogP contribution < -0.4 is 5.73 Å². The van der Waals surface area contributed by atoms with E-state index in [4.69, 9.17) is 10.5 Å². The van der Waals surface area contributed by atoms with Crippen molar-refractivity contribution in [3.05, 3.63) is 0 Å². The fraction of sp³-hybridized carbons (Fsp3) is 0.923. The lowest BCUT2D eigenvalue weighted by atomic mass is 10.0. The van der Waals surface area contributed by atoms with Crippen LogP contribution in [0, 0.1) is 5.92 Å². The summed E-state index contributed by atoms with van der Waals surface area (Å²) in [7, 11) is 1.74. The van der Waals surface area contributed by atoms with Crippen LogP contribution in [0.1, 0.15) is 39.0 Å². The van der Waals surface area contributed by atoms with E-state index in [1.165, 1.54) is 19.3 Å². The van der Waals surface area contributed by atoms with E-state index >= 15 is 0 Å². The van der Waals surface area contributed by atoms with Crippen molar-refractivity contribution in [3.63, 3.8) is 0 Å². The average molecular weight is 241 g/mol. The molecule has 4 heteroatoms. The molecule has 4 nitrogen and oxygen atoms in total. The predicted octanol–water partition coefficient (Wildman–Crippen LogP) is 1.85. The minimum Gasteiger partial charge on any atom is -0.385 e.